The zero-order valence-electron chi connectivity index (χ0n) is 15.2. The van der Waals surface area contributed by atoms with Crippen LogP contribution in [0.2, 0.25) is 0 Å². The Morgan fingerprint density at radius 2 is 2.26 bits per heavy atom. The van der Waals surface area contributed by atoms with Crippen LogP contribution in [-0.2, 0) is 11.3 Å². The first-order valence-electron chi connectivity index (χ1n) is 9.30. The minimum Gasteiger partial charge on any atom is -0.478 e. The summed E-state index contributed by atoms with van der Waals surface area (Å²) in [5.74, 6) is 1.78. The van der Waals surface area contributed by atoms with E-state index in [1.165, 1.54) is 0 Å². The van der Waals surface area contributed by atoms with E-state index >= 15 is 0 Å². The second-order valence-corrected chi connectivity index (χ2v) is 8.19. The minimum atomic E-state index is -0.0585. The van der Waals surface area contributed by atoms with E-state index in [-0.39, 0.29) is 11.9 Å². The highest BCUT2D eigenvalue weighted by molar-refractivity contribution is 7.11. The van der Waals surface area contributed by atoms with Crippen molar-refractivity contribution in [3.05, 3.63) is 50.9 Å². The molecule has 1 atom stereocenters. The number of ether oxygens (including phenoxy) is 3. The molecule has 0 saturated carbocycles. The summed E-state index contributed by atoms with van der Waals surface area (Å²) in [5.41, 5.74) is 2.72. The van der Waals surface area contributed by atoms with E-state index in [1.54, 1.807) is 11.3 Å². The summed E-state index contributed by atoms with van der Waals surface area (Å²) < 4.78 is 17.7. The zero-order chi connectivity index (χ0) is 18.4. The Bertz CT molecular complexity index is 926. The van der Waals surface area contributed by atoms with Gasteiger partial charge < -0.3 is 14.2 Å². The van der Waals surface area contributed by atoms with E-state index in [0.29, 0.717) is 30.3 Å². The maximum absolute atomic E-state index is 12.8. The molecule has 140 valence electrons. The van der Waals surface area contributed by atoms with Crippen LogP contribution < -0.4 is 9.47 Å². The highest BCUT2D eigenvalue weighted by Crippen LogP contribution is 2.42. The first-order chi connectivity index (χ1) is 13.2. The second-order valence-electron chi connectivity index (χ2n) is 7.25. The Morgan fingerprint density at radius 1 is 1.33 bits per heavy atom. The monoisotopic (exact) mass is 383 g/mol. The topological polar surface area (TPSA) is 48.0 Å². The van der Waals surface area contributed by atoms with Crippen molar-refractivity contribution >= 4 is 23.2 Å². The molecular weight excluding hydrogens is 362 g/mol. The van der Waals surface area contributed by atoms with Crippen LogP contribution in [0.25, 0.3) is 6.08 Å². The Kier molecular flexibility index (Phi) is 4.27. The molecule has 0 N–H and O–H groups in total. The van der Waals surface area contributed by atoms with E-state index in [4.69, 9.17) is 14.2 Å². The largest absolute Gasteiger partial charge is 0.478 e. The molecule has 1 unspecified atom stereocenters. The van der Waals surface area contributed by atoms with Crippen molar-refractivity contribution in [3.63, 3.8) is 0 Å². The Hall–Kier alpha value is -2.15. The molecule has 5 rings (SSSR count). The number of nitrogens with zero attached hydrogens (tertiary/aromatic N) is 1. The Morgan fingerprint density at radius 3 is 3.04 bits per heavy atom. The zero-order valence-corrected chi connectivity index (χ0v) is 16.0. The first-order valence-corrected chi connectivity index (χ1v) is 10.2. The lowest BCUT2D eigenvalue weighted by atomic mass is 10.0. The van der Waals surface area contributed by atoms with Crippen molar-refractivity contribution < 1.29 is 19.0 Å². The molecule has 4 heterocycles. The van der Waals surface area contributed by atoms with Gasteiger partial charge in [-0.15, -0.1) is 11.3 Å². The molecule has 2 aromatic rings. The lowest BCUT2D eigenvalue weighted by molar-refractivity contribution is 0.0274. The summed E-state index contributed by atoms with van der Waals surface area (Å²) in [5, 5.41) is 2.02. The highest BCUT2D eigenvalue weighted by Gasteiger charge is 2.34. The third-order valence-electron chi connectivity index (χ3n) is 5.33. The number of hydrogen-bond donors (Lipinski definition) is 0. The molecule has 27 heavy (non-hydrogen) atoms. The predicted molar refractivity (Wildman–Crippen MR) is 103 cm³/mol. The fraction of sp³-hybridized carbons (Fsp3) is 0.381. The van der Waals surface area contributed by atoms with Crippen LogP contribution in [0, 0.1) is 6.92 Å². The standard InChI is InChI=1S/C21H21NO4S/c1-13-6-8-27-19(13)9-18-20(23)15-4-5-17-16(21(15)26-18)11-22(12-25-17)10-14-3-2-7-24-14/h4-6,8-9,14H,2-3,7,10-12H2,1H3. The molecule has 0 radical (unpaired) electrons. The number of aryl methyl sites for hydroxylation is 1. The van der Waals surface area contributed by atoms with Gasteiger partial charge in [-0.1, -0.05) is 0 Å². The van der Waals surface area contributed by atoms with Gasteiger partial charge in [0.2, 0.25) is 5.78 Å². The number of carbonyl (C=O) groups is 1. The lowest BCUT2D eigenvalue weighted by Crippen LogP contribution is -2.37. The Balaban J connectivity index is 1.42. The quantitative estimate of drug-likeness (QED) is 0.750. The normalized spacial score (nSPS) is 23.2. The van der Waals surface area contributed by atoms with Gasteiger partial charge >= 0.3 is 0 Å². The maximum Gasteiger partial charge on any atom is 0.232 e. The van der Waals surface area contributed by atoms with Crippen molar-refractivity contribution in [2.75, 3.05) is 19.9 Å². The van der Waals surface area contributed by atoms with Crippen LogP contribution in [0.15, 0.2) is 29.3 Å². The third-order valence-corrected chi connectivity index (χ3v) is 6.30. The number of benzene rings is 1. The van der Waals surface area contributed by atoms with Crippen molar-refractivity contribution in [1.82, 2.24) is 4.90 Å². The van der Waals surface area contributed by atoms with Crippen molar-refractivity contribution in [1.29, 1.82) is 0 Å². The smallest absolute Gasteiger partial charge is 0.232 e. The summed E-state index contributed by atoms with van der Waals surface area (Å²) in [6.45, 7) is 4.97. The van der Waals surface area contributed by atoms with Gasteiger partial charge in [0.25, 0.3) is 0 Å². The van der Waals surface area contributed by atoms with Crippen LogP contribution >= 0.6 is 11.3 Å². The molecular formula is C21H21NO4S. The summed E-state index contributed by atoms with van der Waals surface area (Å²) in [6.07, 6.45) is 4.34. The number of allylic oxidation sites excluding steroid dienone is 1. The molecule has 1 saturated heterocycles. The number of ketones is 1. The lowest BCUT2D eigenvalue weighted by Gasteiger charge is -2.31. The molecule has 6 heteroatoms. The van der Waals surface area contributed by atoms with E-state index < -0.39 is 0 Å². The predicted octanol–water partition coefficient (Wildman–Crippen LogP) is 4.00. The molecule has 1 fully saturated rings. The van der Waals surface area contributed by atoms with E-state index in [1.807, 2.05) is 36.6 Å². The van der Waals surface area contributed by atoms with Crippen molar-refractivity contribution in [3.8, 4) is 11.5 Å². The van der Waals surface area contributed by atoms with Gasteiger partial charge in [0.05, 0.1) is 17.2 Å². The van der Waals surface area contributed by atoms with Gasteiger partial charge in [-0.05, 0) is 48.9 Å². The van der Waals surface area contributed by atoms with Crippen LogP contribution in [0.4, 0.5) is 0 Å². The van der Waals surface area contributed by atoms with Gasteiger partial charge in [-0.25, -0.2) is 0 Å². The van der Waals surface area contributed by atoms with Crippen LogP contribution in [0.3, 0.4) is 0 Å². The molecule has 3 aliphatic rings. The van der Waals surface area contributed by atoms with Crippen LogP contribution in [0.1, 0.15) is 39.2 Å². The van der Waals surface area contributed by atoms with Crippen molar-refractivity contribution in [2.24, 2.45) is 0 Å². The second kappa shape index (κ2) is 6.78. The fourth-order valence-corrected chi connectivity index (χ4v) is 4.70. The van der Waals surface area contributed by atoms with E-state index in [0.717, 1.165) is 47.7 Å². The number of thiophene rings is 1. The summed E-state index contributed by atoms with van der Waals surface area (Å²) >= 11 is 1.61. The SMILES string of the molecule is Cc1ccsc1C=C1Oc2c(ccc3c2CN(CC2CCCO2)CO3)C1=O. The summed E-state index contributed by atoms with van der Waals surface area (Å²) in [4.78, 5) is 16.1. The number of fused-ring (bicyclic) bond motifs is 3. The highest BCUT2D eigenvalue weighted by atomic mass is 32.1. The maximum atomic E-state index is 12.8. The average Bonchev–Trinajstić information content (AvgIpc) is 3.39. The number of hydrogen-bond acceptors (Lipinski definition) is 6. The molecule has 0 aliphatic carbocycles. The Labute approximate surface area is 162 Å². The summed E-state index contributed by atoms with van der Waals surface area (Å²) in [6, 6.07) is 5.74. The number of Topliss-reactive ketones (excluding diaryl/α,β-unsaturated/α-hetero) is 1. The minimum absolute atomic E-state index is 0.0585. The molecule has 1 aromatic carbocycles. The van der Waals surface area contributed by atoms with Gasteiger partial charge in [0, 0.05) is 30.6 Å². The van der Waals surface area contributed by atoms with Crippen LogP contribution in [0.5, 0.6) is 11.5 Å². The molecule has 0 spiro atoms. The third kappa shape index (κ3) is 3.08. The molecule has 0 bridgehead atoms. The molecule has 0 amide bonds. The summed E-state index contributed by atoms with van der Waals surface area (Å²) in [7, 11) is 0. The van der Waals surface area contributed by atoms with E-state index in [2.05, 4.69) is 4.90 Å². The number of carbonyl (C=O) groups excluding carboxylic acids is 1. The van der Waals surface area contributed by atoms with Gasteiger partial charge in [0.1, 0.15) is 18.2 Å². The number of rotatable bonds is 3. The van der Waals surface area contributed by atoms with Crippen LogP contribution in [-0.4, -0.2) is 36.7 Å². The van der Waals surface area contributed by atoms with Gasteiger partial charge in [-0.2, -0.15) is 0 Å². The average molecular weight is 383 g/mol. The molecule has 1 aromatic heterocycles. The molecule has 5 nitrogen and oxygen atoms in total. The fourth-order valence-electron chi connectivity index (χ4n) is 3.85. The van der Waals surface area contributed by atoms with Crippen molar-refractivity contribution in [2.45, 2.75) is 32.4 Å². The van der Waals surface area contributed by atoms with Gasteiger partial charge in [-0.3, -0.25) is 9.69 Å². The van der Waals surface area contributed by atoms with Gasteiger partial charge in [0.15, 0.2) is 5.76 Å². The van der Waals surface area contributed by atoms with E-state index in [9.17, 15) is 4.79 Å². The molecule has 3 aliphatic heterocycles. The first kappa shape index (κ1) is 17.0.